The first-order valence-corrected chi connectivity index (χ1v) is 13.1. The number of carboxylic acid groups (broad SMARTS) is 1. The average Bonchev–Trinajstić information content (AvgIpc) is 3.28. The van der Waals surface area contributed by atoms with Gasteiger partial charge in [-0.1, -0.05) is 50.3 Å². The lowest BCUT2D eigenvalue weighted by molar-refractivity contribution is -0.132. The number of anilines is 1. The summed E-state index contributed by atoms with van der Waals surface area (Å²) in [5.74, 6) is -4.19. The molecule has 0 aliphatic rings. The maximum Gasteiger partial charge on any atom is 0.331 e. The quantitative estimate of drug-likeness (QED) is 0.198. The van der Waals surface area contributed by atoms with E-state index in [4.69, 9.17) is 14.6 Å². The first-order valence-electron chi connectivity index (χ1n) is 12.3. The minimum absolute atomic E-state index is 0.123. The van der Waals surface area contributed by atoms with Crippen LogP contribution in [0.15, 0.2) is 42.0 Å². The Morgan fingerprint density at radius 3 is 2.46 bits per heavy atom. The van der Waals surface area contributed by atoms with Gasteiger partial charge in [-0.3, -0.25) is 10.1 Å². The van der Waals surface area contributed by atoms with Gasteiger partial charge in [0.05, 0.1) is 13.7 Å². The Kier molecular flexibility index (Phi) is 9.93. The minimum Gasteiger partial charge on any atom is -0.486 e. The van der Waals surface area contributed by atoms with Crippen molar-refractivity contribution in [3.8, 4) is 16.3 Å². The molecule has 39 heavy (non-hydrogen) atoms. The van der Waals surface area contributed by atoms with Crippen LogP contribution in [-0.2, 0) is 16.0 Å². The summed E-state index contributed by atoms with van der Waals surface area (Å²) in [5, 5.41) is 12.2. The van der Waals surface area contributed by atoms with Crippen molar-refractivity contribution < 1.29 is 33.0 Å². The molecule has 1 heterocycles. The average molecular weight is 559 g/mol. The van der Waals surface area contributed by atoms with Gasteiger partial charge < -0.3 is 14.6 Å². The number of hydrogen-bond acceptors (Lipinski definition) is 6. The second kappa shape index (κ2) is 12.9. The third kappa shape index (κ3) is 8.43. The number of aromatic nitrogens is 1. The topological polar surface area (TPSA) is 97.8 Å². The highest BCUT2D eigenvalue weighted by Crippen LogP contribution is 2.38. The fraction of sp³-hybridized carbons (Fsp3) is 0.345. The molecule has 1 amide bonds. The number of nitrogens with one attached hydrogen (secondary N) is 1. The Morgan fingerprint density at radius 2 is 1.85 bits per heavy atom. The van der Waals surface area contributed by atoms with Crippen molar-refractivity contribution in [3.05, 3.63) is 70.3 Å². The van der Waals surface area contributed by atoms with E-state index in [1.54, 1.807) is 0 Å². The number of hydrogen-bond donors (Lipinski definition) is 2. The van der Waals surface area contributed by atoms with Gasteiger partial charge in [-0.05, 0) is 55.0 Å². The highest BCUT2D eigenvalue weighted by atomic mass is 32.1. The number of methoxy groups -OCH3 is 1. The van der Waals surface area contributed by atoms with Gasteiger partial charge >= 0.3 is 5.97 Å². The smallest absolute Gasteiger partial charge is 0.331 e. The van der Waals surface area contributed by atoms with Crippen molar-refractivity contribution in [1.29, 1.82) is 0 Å². The standard InChI is InChI=1S/C29H32F2N2O5S/c1-17(26(35)36)12-21-22(30)14-20(15-23(21)31)25(34)33-28-32-24(27(37-5)39-28)19-10-6-8-18(13-19)9-7-11-38-16-29(2,3)4/h6,8,10,12-15H,7,9,11,16H2,1-5H3,(H,35,36)(H,32,33,34). The Morgan fingerprint density at radius 1 is 1.15 bits per heavy atom. The van der Waals surface area contributed by atoms with Crippen LogP contribution < -0.4 is 10.1 Å². The molecule has 3 rings (SSSR count). The van der Waals surface area contributed by atoms with Crippen molar-refractivity contribution in [2.45, 2.75) is 40.5 Å². The lowest BCUT2D eigenvalue weighted by atomic mass is 9.99. The van der Waals surface area contributed by atoms with Crippen LogP contribution in [0, 0.1) is 17.0 Å². The number of carbonyl (C=O) groups is 2. The SMILES string of the molecule is COc1sc(NC(=O)c2cc(F)c(C=C(C)C(=O)O)c(F)c2)nc1-c1cccc(CCCOCC(C)(C)C)c1. The van der Waals surface area contributed by atoms with Gasteiger partial charge in [0.2, 0.25) is 5.06 Å². The van der Waals surface area contributed by atoms with E-state index in [0.29, 0.717) is 24.0 Å². The van der Waals surface area contributed by atoms with E-state index in [0.717, 1.165) is 53.5 Å². The molecule has 0 saturated heterocycles. The second-order valence-electron chi connectivity index (χ2n) is 10.2. The lowest BCUT2D eigenvalue weighted by Crippen LogP contribution is -2.15. The van der Waals surface area contributed by atoms with Crippen LogP contribution in [0.25, 0.3) is 17.3 Å². The number of carbonyl (C=O) groups excluding carboxylic acids is 1. The molecule has 10 heteroatoms. The third-order valence-corrected chi connectivity index (χ3v) is 6.46. The molecule has 208 valence electrons. The molecule has 7 nitrogen and oxygen atoms in total. The van der Waals surface area contributed by atoms with Crippen LogP contribution in [-0.4, -0.2) is 42.3 Å². The molecule has 0 aliphatic heterocycles. The molecule has 0 bridgehead atoms. The van der Waals surface area contributed by atoms with Crippen LogP contribution in [0.4, 0.5) is 13.9 Å². The van der Waals surface area contributed by atoms with E-state index in [9.17, 15) is 18.4 Å². The fourth-order valence-electron chi connectivity index (χ4n) is 3.61. The number of ether oxygens (including phenoxy) is 2. The lowest BCUT2D eigenvalue weighted by Gasteiger charge is -2.17. The van der Waals surface area contributed by atoms with Crippen molar-refractivity contribution >= 4 is 34.4 Å². The van der Waals surface area contributed by atoms with Gasteiger partial charge in [-0.15, -0.1) is 0 Å². The molecule has 2 aromatic carbocycles. The summed E-state index contributed by atoms with van der Waals surface area (Å²) in [7, 11) is 1.50. The highest BCUT2D eigenvalue weighted by molar-refractivity contribution is 7.18. The molecule has 1 aromatic heterocycles. The zero-order chi connectivity index (χ0) is 28.7. The first kappa shape index (κ1) is 29.9. The molecule has 0 radical (unpaired) electrons. The zero-order valence-corrected chi connectivity index (χ0v) is 23.4. The van der Waals surface area contributed by atoms with E-state index in [1.807, 2.05) is 24.3 Å². The Labute approximate surface area is 230 Å². The number of amides is 1. The van der Waals surface area contributed by atoms with Gasteiger partial charge in [0.15, 0.2) is 5.13 Å². The number of carboxylic acids is 1. The number of thiazole rings is 1. The maximum atomic E-state index is 14.5. The van der Waals surface area contributed by atoms with E-state index < -0.39 is 29.1 Å². The van der Waals surface area contributed by atoms with Crippen LogP contribution in [0.3, 0.4) is 0 Å². The number of aliphatic carboxylic acids is 1. The summed E-state index contributed by atoms with van der Waals surface area (Å²) in [5.41, 5.74) is 1.51. The molecule has 0 spiro atoms. The number of rotatable bonds is 11. The van der Waals surface area contributed by atoms with Gasteiger partial charge in [-0.2, -0.15) is 0 Å². The largest absolute Gasteiger partial charge is 0.486 e. The van der Waals surface area contributed by atoms with Crippen LogP contribution in [0.2, 0.25) is 0 Å². The number of aryl methyl sites for hydroxylation is 1. The number of nitrogens with zero attached hydrogens (tertiary/aromatic N) is 1. The van der Waals surface area contributed by atoms with Crippen LogP contribution in [0.1, 0.15) is 55.6 Å². The molecule has 0 saturated carbocycles. The summed E-state index contributed by atoms with van der Waals surface area (Å²) in [6.07, 6.45) is 2.56. The summed E-state index contributed by atoms with van der Waals surface area (Å²) in [6, 6.07) is 9.53. The molecule has 0 unspecified atom stereocenters. The van der Waals surface area contributed by atoms with Gasteiger partial charge in [-0.25, -0.2) is 18.6 Å². The van der Waals surface area contributed by atoms with Gasteiger partial charge in [0.25, 0.3) is 5.91 Å². The number of benzene rings is 2. The fourth-order valence-corrected chi connectivity index (χ4v) is 4.41. The number of halogens is 2. The van der Waals surface area contributed by atoms with Crippen LogP contribution in [0.5, 0.6) is 5.06 Å². The molecule has 0 fully saturated rings. The molecule has 2 N–H and O–H groups in total. The predicted octanol–water partition coefficient (Wildman–Crippen LogP) is 6.83. The van der Waals surface area contributed by atoms with Gasteiger partial charge in [0, 0.05) is 28.9 Å². The maximum absolute atomic E-state index is 14.5. The third-order valence-electron chi connectivity index (χ3n) is 5.53. The Balaban J connectivity index is 1.74. The predicted molar refractivity (Wildman–Crippen MR) is 148 cm³/mol. The molecular formula is C29H32F2N2O5S. The van der Waals surface area contributed by atoms with Crippen LogP contribution >= 0.6 is 11.3 Å². The van der Waals surface area contributed by atoms with E-state index in [-0.39, 0.29) is 21.7 Å². The summed E-state index contributed by atoms with van der Waals surface area (Å²) in [6.45, 7) is 8.96. The molecule has 3 aromatic rings. The van der Waals surface area contributed by atoms with E-state index in [2.05, 4.69) is 31.1 Å². The van der Waals surface area contributed by atoms with Crippen molar-refractivity contribution in [2.75, 3.05) is 25.6 Å². The summed E-state index contributed by atoms with van der Waals surface area (Å²) in [4.78, 5) is 28.2. The zero-order valence-electron chi connectivity index (χ0n) is 22.6. The summed E-state index contributed by atoms with van der Waals surface area (Å²) < 4.78 is 40.2. The normalized spacial score (nSPS) is 11.9. The molecular weight excluding hydrogens is 526 g/mol. The molecule has 0 aliphatic carbocycles. The molecule has 0 atom stereocenters. The van der Waals surface area contributed by atoms with Crippen molar-refractivity contribution in [2.24, 2.45) is 5.41 Å². The van der Waals surface area contributed by atoms with E-state index in [1.165, 1.54) is 14.0 Å². The second-order valence-corrected chi connectivity index (χ2v) is 11.2. The van der Waals surface area contributed by atoms with Crippen molar-refractivity contribution in [1.82, 2.24) is 4.98 Å². The monoisotopic (exact) mass is 558 g/mol. The highest BCUT2D eigenvalue weighted by Gasteiger charge is 2.19. The van der Waals surface area contributed by atoms with Gasteiger partial charge in [0.1, 0.15) is 17.3 Å². The Bertz CT molecular complexity index is 1360. The van der Waals surface area contributed by atoms with Crippen molar-refractivity contribution in [3.63, 3.8) is 0 Å². The van der Waals surface area contributed by atoms with E-state index >= 15 is 0 Å². The first-order chi connectivity index (χ1) is 18.4. The summed E-state index contributed by atoms with van der Waals surface area (Å²) >= 11 is 1.09. The Hall–Kier alpha value is -3.63. The minimum atomic E-state index is -1.31.